The van der Waals surface area contributed by atoms with Gasteiger partial charge in [-0.05, 0) is 6.92 Å². The molecule has 0 rings (SSSR count). The normalized spacial score (nSPS) is 11.8. The van der Waals surface area contributed by atoms with Crippen molar-refractivity contribution >= 4 is 5.97 Å². The second kappa shape index (κ2) is 8.41. The monoisotopic (exact) mass is 182 g/mol. The van der Waals surface area contributed by atoms with Gasteiger partial charge in [-0.3, -0.25) is 0 Å². The van der Waals surface area contributed by atoms with Crippen molar-refractivity contribution in [1.29, 1.82) is 0 Å². The zero-order valence-electron chi connectivity index (χ0n) is 6.71. The number of aliphatic hydroxyl groups is 4. The lowest BCUT2D eigenvalue weighted by Crippen LogP contribution is -2.15. The zero-order valence-corrected chi connectivity index (χ0v) is 6.71. The van der Waals surface area contributed by atoms with Crippen molar-refractivity contribution in [2.75, 3.05) is 13.2 Å². The summed E-state index contributed by atoms with van der Waals surface area (Å²) in [6.45, 7) is 0.468. The van der Waals surface area contributed by atoms with Crippen LogP contribution in [0.2, 0.25) is 0 Å². The molecule has 0 spiro atoms. The summed E-state index contributed by atoms with van der Waals surface area (Å²) in [6.07, 6.45) is -2.19. The van der Waals surface area contributed by atoms with E-state index in [1.54, 1.807) is 0 Å². The lowest BCUT2D eigenvalue weighted by atomic mass is 10.4. The first kappa shape index (κ1) is 13.9. The Morgan fingerprint density at radius 1 is 1.25 bits per heavy atom. The topological polar surface area (TPSA) is 118 Å². The number of aliphatic hydroxyl groups excluding tert-OH is 4. The van der Waals surface area contributed by atoms with Gasteiger partial charge < -0.3 is 25.5 Å². The van der Waals surface area contributed by atoms with Gasteiger partial charge in [0.1, 0.15) is 12.2 Å². The highest BCUT2D eigenvalue weighted by Crippen LogP contribution is 1.73. The van der Waals surface area contributed by atoms with Crippen LogP contribution in [-0.2, 0) is 4.79 Å². The molecule has 0 fully saturated rings. The van der Waals surface area contributed by atoms with Crippen molar-refractivity contribution in [2.24, 2.45) is 0 Å². The number of hydrogen-bond acceptors (Lipinski definition) is 5. The molecule has 0 aromatic rings. The number of hydrogen-bond donors (Lipinski definition) is 5. The minimum atomic E-state index is -1.23. The smallest absolute Gasteiger partial charge is 0.332 e. The predicted molar refractivity (Wildman–Crippen MR) is 39.5 cm³/mol. The molecule has 0 aromatic heterocycles. The quantitative estimate of drug-likeness (QED) is 0.337. The van der Waals surface area contributed by atoms with Gasteiger partial charge in [0, 0.05) is 0 Å². The molecule has 0 radical (unpaired) electrons. The molecule has 0 aliphatic carbocycles. The molecule has 12 heavy (non-hydrogen) atoms. The van der Waals surface area contributed by atoms with E-state index in [1.807, 2.05) is 0 Å². The fraction of sp³-hybridized carbons (Fsp3) is 0.833. The molecule has 74 valence electrons. The first-order valence-corrected chi connectivity index (χ1v) is 3.26. The van der Waals surface area contributed by atoms with Crippen LogP contribution in [0.4, 0.5) is 0 Å². The van der Waals surface area contributed by atoms with Crippen molar-refractivity contribution in [1.82, 2.24) is 0 Å². The van der Waals surface area contributed by atoms with Crippen LogP contribution in [-0.4, -0.2) is 56.9 Å². The van der Waals surface area contributed by atoms with Crippen LogP contribution in [0.15, 0.2) is 0 Å². The molecule has 1 unspecified atom stereocenters. The van der Waals surface area contributed by atoms with Crippen molar-refractivity contribution in [3.05, 3.63) is 0 Å². The summed E-state index contributed by atoms with van der Waals surface area (Å²) in [4.78, 5) is 9.45. The first-order valence-electron chi connectivity index (χ1n) is 3.26. The minimum absolute atomic E-state index is 0.365. The van der Waals surface area contributed by atoms with E-state index in [-0.39, 0.29) is 13.2 Å². The number of rotatable bonds is 3. The van der Waals surface area contributed by atoms with Gasteiger partial charge in [-0.2, -0.15) is 0 Å². The van der Waals surface area contributed by atoms with Gasteiger partial charge in [-0.15, -0.1) is 0 Å². The maximum Gasteiger partial charge on any atom is 0.332 e. The minimum Gasteiger partial charge on any atom is -0.479 e. The van der Waals surface area contributed by atoms with Crippen LogP contribution in [0.25, 0.3) is 0 Å². The Balaban J connectivity index is 0. The van der Waals surface area contributed by atoms with Crippen LogP contribution in [0, 0.1) is 0 Å². The number of aliphatic carboxylic acids is 1. The average molecular weight is 182 g/mol. The summed E-state index contributed by atoms with van der Waals surface area (Å²) in [5, 5.41) is 39.8. The van der Waals surface area contributed by atoms with Crippen molar-refractivity contribution < 1.29 is 30.3 Å². The highest BCUT2D eigenvalue weighted by molar-refractivity contribution is 5.71. The van der Waals surface area contributed by atoms with E-state index in [9.17, 15) is 4.79 Å². The molecule has 0 saturated heterocycles. The zero-order chi connectivity index (χ0) is 10.1. The van der Waals surface area contributed by atoms with E-state index in [4.69, 9.17) is 25.5 Å². The molecular formula is C6H14O6. The van der Waals surface area contributed by atoms with E-state index in [0.29, 0.717) is 0 Å². The molecule has 0 saturated carbocycles. The Bertz CT molecular complexity index is 109. The number of carboxylic acid groups (broad SMARTS) is 1. The van der Waals surface area contributed by atoms with Gasteiger partial charge >= 0.3 is 5.97 Å². The molecular weight excluding hydrogens is 168 g/mol. The van der Waals surface area contributed by atoms with Gasteiger partial charge in [0.05, 0.1) is 13.2 Å². The molecule has 0 aliphatic heterocycles. The average Bonchev–Trinajstić information content (AvgIpc) is 2.04. The second-order valence-electron chi connectivity index (χ2n) is 2.03. The number of carboxylic acids is 1. The molecule has 0 aliphatic rings. The Labute approximate surface area is 69.7 Å². The van der Waals surface area contributed by atoms with Gasteiger partial charge in [-0.25, -0.2) is 4.79 Å². The molecule has 0 amide bonds. The van der Waals surface area contributed by atoms with Gasteiger partial charge in [-0.1, -0.05) is 0 Å². The molecule has 1 atom stereocenters. The van der Waals surface area contributed by atoms with E-state index in [0.717, 1.165) is 0 Å². The summed E-state index contributed by atoms with van der Waals surface area (Å²) in [5.41, 5.74) is 0. The standard InChI is InChI=1S/C3H8O3.C3H6O3/c4-1-3(6)2-5;1-2(4)3(5)6/h3-6H,1-2H2;2,4H,1H3,(H,5,6). The molecule has 0 heterocycles. The Morgan fingerprint density at radius 2 is 1.50 bits per heavy atom. The fourth-order valence-electron chi connectivity index (χ4n) is 0.0577. The molecule has 6 heteroatoms. The van der Waals surface area contributed by atoms with Gasteiger partial charge in [0.15, 0.2) is 0 Å². The highest BCUT2D eigenvalue weighted by atomic mass is 16.4. The Kier molecular flexibility index (Phi) is 9.72. The van der Waals surface area contributed by atoms with Crippen LogP contribution in [0.1, 0.15) is 6.92 Å². The molecule has 6 nitrogen and oxygen atoms in total. The predicted octanol–water partition coefficient (Wildman–Crippen LogP) is -2.22. The summed E-state index contributed by atoms with van der Waals surface area (Å²) in [6, 6.07) is 0. The van der Waals surface area contributed by atoms with Crippen LogP contribution >= 0.6 is 0 Å². The summed E-state index contributed by atoms with van der Waals surface area (Å²) < 4.78 is 0. The lowest BCUT2D eigenvalue weighted by molar-refractivity contribution is -0.145. The van der Waals surface area contributed by atoms with E-state index in [1.165, 1.54) is 6.92 Å². The molecule has 0 aromatic carbocycles. The fourth-order valence-corrected chi connectivity index (χ4v) is 0.0577. The Morgan fingerprint density at radius 3 is 1.50 bits per heavy atom. The SMILES string of the molecule is CC(O)C(=O)O.OCC(O)CO. The first-order chi connectivity index (χ1) is 5.45. The lowest BCUT2D eigenvalue weighted by Gasteiger charge is -1.96. The van der Waals surface area contributed by atoms with E-state index < -0.39 is 18.2 Å². The largest absolute Gasteiger partial charge is 0.479 e. The maximum absolute atomic E-state index is 9.45. The van der Waals surface area contributed by atoms with Crippen LogP contribution < -0.4 is 0 Å². The maximum atomic E-state index is 9.45. The summed E-state index contributed by atoms with van der Waals surface area (Å²) in [5.74, 6) is -1.19. The van der Waals surface area contributed by atoms with E-state index >= 15 is 0 Å². The Hall–Kier alpha value is -0.690. The van der Waals surface area contributed by atoms with Gasteiger partial charge in [0.2, 0.25) is 0 Å². The highest BCUT2D eigenvalue weighted by Gasteiger charge is 2.01. The third-order valence-corrected chi connectivity index (χ3v) is 0.779. The van der Waals surface area contributed by atoms with Gasteiger partial charge in [0.25, 0.3) is 0 Å². The number of carbonyl (C=O) groups is 1. The van der Waals surface area contributed by atoms with Crippen molar-refractivity contribution in [2.45, 2.75) is 19.1 Å². The molecule has 0 bridgehead atoms. The third-order valence-electron chi connectivity index (χ3n) is 0.779. The van der Waals surface area contributed by atoms with Crippen LogP contribution in [0.5, 0.6) is 0 Å². The van der Waals surface area contributed by atoms with Crippen molar-refractivity contribution in [3.8, 4) is 0 Å². The second-order valence-corrected chi connectivity index (χ2v) is 2.03. The van der Waals surface area contributed by atoms with Crippen LogP contribution in [0.3, 0.4) is 0 Å². The van der Waals surface area contributed by atoms with Crippen molar-refractivity contribution in [3.63, 3.8) is 0 Å². The molecule has 5 N–H and O–H groups in total. The summed E-state index contributed by atoms with van der Waals surface area (Å²) in [7, 11) is 0. The summed E-state index contributed by atoms with van der Waals surface area (Å²) >= 11 is 0. The third kappa shape index (κ3) is 12.0. The van der Waals surface area contributed by atoms with E-state index in [2.05, 4.69) is 0 Å².